The average Bonchev–Trinajstić information content (AvgIpc) is 3.39. The van der Waals surface area contributed by atoms with Crippen LogP contribution in [0.3, 0.4) is 0 Å². The Bertz CT molecular complexity index is 836. The van der Waals surface area contributed by atoms with Crippen molar-refractivity contribution < 1.29 is 4.79 Å². The third-order valence-electron chi connectivity index (χ3n) is 7.54. The van der Waals surface area contributed by atoms with E-state index in [2.05, 4.69) is 56.1 Å². The third kappa shape index (κ3) is 4.99. The molecule has 2 unspecified atom stereocenters. The van der Waals surface area contributed by atoms with Crippen molar-refractivity contribution in [2.45, 2.75) is 38.3 Å². The van der Waals surface area contributed by atoms with E-state index in [-0.39, 0.29) is 0 Å². The van der Waals surface area contributed by atoms with Crippen LogP contribution in [0.2, 0.25) is 0 Å². The second-order valence-electron chi connectivity index (χ2n) is 9.63. The molecule has 0 bridgehead atoms. The maximum atomic E-state index is 12.7. The first-order chi connectivity index (χ1) is 15.2. The number of pyridine rings is 1. The molecule has 3 aliphatic rings. The smallest absolute Gasteiger partial charge is 0.222 e. The Morgan fingerprint density at radius 2 is 1.61 bits per heavy atom. The van der Waals surface area contributed by atoms with Crippen LogP contribution in [-0.4, -0.2) is 70.9 Å². The zero-order chi connectivity index (χ0) is 21.0. The Balaban J connectivity index is 1.05. The van der Waals surface area contributed by atoms with Crippen molar-refractivity contribution in [2.24, 2.45) is 11.8 Å². The van der Waals surface area contributed by atoms with Crippen molar-refractivity contribution >= 4 is 5.91 Å². The van der Waals surface area contributed by atoms with Gasteiger partial charge in [0.1, 0.15) is 0 Å². The van der Waals surface area contributed by atoms with Gasteiger partial charge in [-0.25, -0.2) is 0 Å². The lowest BCUT2D eigenvalue weighted by atomic mass is 10.0. The molecule has 0 N–H and O–H groups in total. The number of carbonyl (C=O) groups excluding carboxylic acids is 1. The zero-order valence-electron chi connectivity index (χ0n) is 18.4. The highest BCUT2D eigenvalue weighted by Crippen LogP contribution is 2.34. The summed E-state index contributed by atoms with van der Waals surface area (Å²) in [7, 11) is 0. The first kappa shape index (κ1) is 20.7. The number of aryl methyl sites for hydroxylation is 1. The van der Waals surface area contributed by atoms with Gasteiger partial charge in [0.05, 0.1) is 0 Å². The van der Waals surface area contributed by atoms with Crippen LogP contribution >= 0.6 is 0 Å². The van der Waals surface area contributed by atoms with Gasteiger partial charge in [0.2, 0.25) is 5.91 Å². The van der Waals surface area contributed by atoms with E-state index in [1.807, 2.05) is 12.3 Å². The molecule has 2 atom stereocenters. The van der Waals surface area contributed by atoms with Gasteiger partial charge in [0.25, 0.3) is 0 Å². The van der Waals surface area contributed by atoms with E-state index in [0.29, 0.717) is 24.2 Å². The summed E-state index contributed by atoms with van der Waals surface area (Å²) in [5.41, 5.74) is 2.57. The monoisotopic (exact) mass is 418 g/mol. The van der Waals surface area contributed by atoms with Gasteiger partial charge in [-0.3, -0.25) is 19.6 Å². The van der Waals surface area contributed by atoms with Crippen molar-refractivity contribution in [2.75, 3.05) is 39.3 Å². The summed E-state index contributed by atoms with van der Waals surface area (Å²) >= 11 is 0. The number of amides is 1. The van der Waals surface area contributed by atoms with Gasteiger partial charge >= 0.3 is 0 Å². The van der Waals surface area contributed by atoms with Gasteiger partial charge < -0.3 is 4.90 Å². The number of piperidine rings is 1. The van der Waals surface area contributed by atoms with Crippen molar-refractivity contribution in [1.29, 1.82) is 0 Å². The highest BCUT2D eigenvalue weighted by molar-refractivity contribution is 5.76. The fourth-order valence-corrected chi connectivity index (χ4v) is 5.77. The summed E-state index contributed by atoms with van der Waals surface area (Å²) in [5.74, 6) is 1.66. The second-order valence-corrected chi connectivity index (χ2v) is 9.63. The summed E-state index contributed by atoms with van der Waals surface area (Å²) < 4.78 is 0. The summed E-state index contributed by atoms with van der Waals surface area (Å²) in [4.78, 5) is 24.3. The Morgan fingerprint density at radius 3 is 2.29 bits per heavy atom. The lowest BCUT2D eigenvalue weighted by Crippen LogP contribution is -2.45. The normalized spacial score (nSPS) is 25.1. The highest BCUT2D eigenvalue weighted by Gasteiger charge is 2.43. The molecule has 0 saturated carbocycles. The van der Waals surface area contributed by atoms with Crippen LogP contribution in [0.5, 0.6) is 0 Å². The molecule has 0 radical (unpaired) electrons. The molecular formula is C26H34N4O. The number of rotatable bonds is 6. The third-order valence-corrected chi connectivity index (χ3v) is 7.54. The lowest BCUT2D eigenvalue weighted by molar-refractivity contribution is -0.130. The maximum absolute atomic E-state index is 12.7. The molecule has 1 aromatic heterocycles. The van der Waals surface area contributed by atoms with E-state index < -0.39 is 0 Å². The number of carbonyl (C=O) groups is 1. The minimum Gasteiger partial charge on any atom is -0.342 e. The van der Waals surface area contributed by atoms with Crippen molar-refractivity contribution in [1.82, 2.24) is 19.7 Å². The van der Waals surface area contributed by atoms with Crippen LogP contribution in [0.25, 0.3) is 0 Å². The fourth-order valence-electron chi connectivity index (χ4n) is 5.77. The predicted octanol–water partition coefficient (Wildman–Crippen LogP) is 3.07. The second kappa shape index (κ2) is 9.49. The molecule has 0 spiro atoms. The Labute approximate surface area is 186 Å². The average molecular weight is 419 g/mol. The molecule has 4 heterocycles. The van der Waals surface area contributed by atoms with Crippen molar-refractivity contribution in [3.63, 3.8) is 0 Å². The van der Waals surface area contributed by atoms with Crippen LogP contribution in [0.4, 0.5) is 0 Å². The maximum Gasteiger partial charge on any atom is 0.222 e. The molecule has 3 saturated heterocycles. The SMILES string of the molecule is O=C(CCc1cccnc1)N1CC2CN(C3CCN(Cc4ccccc4)CC3)CC2C1. The fraction of sp³-hybridized carbons (Fsp3) is 0.538. The molecule has 5 nitrogen and oxygen atoms in total. The number of benzene rings is 1. The summed E-state index contributed by atoms with van der Waals surface area (Å²) in [6.45, 7) is 7.75. The molecule has 31 heavy (non-hydrogen) atoms. The molecule has 1 amide bonds. The topological polar surface area (TPSA) is 39.7 Å². The van der Waals surface area contributed by atoms with Gasteiger partial charge in [-0.2, -0.15) is 0 Å². The summed E-state index contributed by atoms with van der Waals surface area (Å²) in [6.07, 6.45) is 7.61. The number of nitrogens with zero attached hydrogens (tertiary/aromatic N) is 4. The molecule has 0 aliphatic carbocycles. The molecule has 5 rings (SSSR count). The molecule has 1 aromatic carbocycles. The quantitative estimate of drug-likeness (QED) is 0.723. The van der Waals surface area contributed by atoms with Crippen LogP contribution in [-0.2, 0) is 17.8 Å². The minimum atomic E-state index is 0.319. The van der Waals surface area contributed by atoms with Crippen LogP contribution in [0.15, 0.2) is 54.9 Å². The number of likely N-dealkylation sites (tertiary alicyclic amines) is 3. The first-order valence-electron chi connectivity index (χ1n) is 11.9. The lowest BCUT2D eigenvalue weighted by Gasteiger charge is -2.37. The molecular weight excluding hydrogens is 384 g/mol. The van der Waals surface area contributed by atoms with Gasteiger partial charge in [0, 0.05) is 57.6 Å². The summed E-state index contributed by atoms with van der Waals surface area (Å²) in [6, 6.07) is 15.6. The highest BCUT2D eigenvalue weighted by atomic mass is 16.2. The van der Waals surface area contributed by atoms with Gasteiger partial charge in [0.15, 0.2) is 0 Å². The van der Waals surface area contributed by atoms with E-state index in [0.717, 1.165) is 37.7 Å². The van der Waals surface area contributed by atoms with Crippen LogP contribution < -0.4 is 0 Å². The van der Waals surface area contributed by atoms with Crippen molar-refractivity contribution in [3.05, 3.63) is 66.0 Å². The number of hydrogen-bond acceptors (Lipinski definition) is 4. The van der Waals surface area contributed by atoms with E-state index in [9.17, 15) is 4.79 Å². The van der Waals surface area contributed by atoms with E-state index in [1.54, 1.807) is 6.20 Å². The Hall–Kier alpha value is -2.24. The number of hydrogen-bond donors (Lipinski definition) is 0. The van der Waals surface area contributed by atoms with Crippen LogP contribution in [0.1, 0.15) is 30.4 Å². The standard InChI is InChI=1S/C26H34N4O/c31-26(9-8-21-7-4-12-27-15-21)30-19-23-17-29(18-24(23)20-30)25-10-13-28(14-11-25)16-22-5-2-1-3-6-22/h1-7,12,15,23-25H,8-11,13-14,16-20H2. The summed E-state index contributed by atoms with van der Waals surface area (Å²) in [5, 5.41) is 0. The Morgan fingerprint density at radius 1 is 0.903 bits per heavy atom. The Kier molecular flexibility index (Phi) is 6.32. The molecule has 2 aromatic rings. The van der Waals surface area contributed by atoms with Gasteiger partial charge in [-0.1, -0.05) is 36.4 Å². The van der Waals surface area contributed by atoms with Gasteiger partial charge in [-0.05, 0) is 61.4 Å². The van der Waals surface area contributed by atoms with Gasteiger partial charge in [-0.15, -0.1) is 0 Å². The first-order valence-corrected chi connectivity index (χ1v) is 11.9. The predicted molar refractivity (Wildman–Crippen MR) is 122 cm³/mol. The zero-order valence-corrected chi connectivity index (χ0v) is 18.4. The van der Waals surface area contributed by atoms with Crippen LogP contribution in [0, 0.1) is 11.8 Å². The minimum absolute atomic E-state index is 0.319. The van der Waals surface area contributed by atoms with E-state index >= 15 is 0 Å². The largest absolute Gasteiger partial charge is 0.342 e. The van der Waals surface area contributed by atoms with E-state index in [1.165, 1.54) is 44.6 Å². The number of aromatic nitrogens is 1. The number of fused-ring (bicyclic) bond motifs is 1. The van der Waals surface area contributed by atoms with Crippen molar-refractivity contribution in [3.8, 4) is 0 Å². The molecule has 3 aliphatic heterocycles. The molecule has 3 fully saturated rings. The molecule has 5 heteroatoms. The van der Waals surface area contributed by atoms with E-state index in [4.69, 9.17) is 0 Å². The molecule has 164 valence electrons.